The molecule has 2 aliphatic carbocycles. The Hall–Kier alpha value is -3.19. The number of hydrogen-bond donors (Lipinski definition) is 2. The van der Waals surface area contributed by atoms with E-state index in [0.29, 0.717) is 30.4 Å². The lowest BCUT2D eigenvalue weighted by Gasteiger charge is -2.42. The molecule has 1 fully saturated rings. The molecule has 2 aromatic carbocycles. The van der Waals surface area contributed by atoms with Gasteiger partial charge in [0.25, 0.3) is 0 Å². The number of phenolic OH excluding ortho intramolecular Hbond substituents is 2. The number of phenols is 2. The van der Waals surface area contributed by atoms with Gasteiger partial charge >= 0.3 is 0 Å². The second-order valence-corrected chi connectivity index (χ2v) is 11.0. The van der Waals surface area contributed by atoms with Crippen molar-refractivity contribution in [2.75, 3.05) is 7.11 Å². The summed E-state index contributed by atoms with van der Waals surface area (Å²) in [7, 11) is 1.42. The van der Waals surface area contributed by atoms with Gasteiger partial charge in [0.05, 0.1) is 36.0 Å². The summed E-state index contributed by atoms with van der Waals surface area (Å²) < 4.78 is 11.5. The molecule has 7 heteroatoms. The van der Waals surface area contributed by atoms with Gasteiger partial charge in [-0.25, -0.2) is 0 Å². The topological polar surface area (TPSA) is 110 Å². The van der Waals surface area contributed by atoms with E-state index in [1.54, 1.807) is 12.1 Å². The summed E-state index contributed by atoms with van der Waals surface area (Å²) in [5, 5.41) is 23.2. The zero-order valence-corrected chi connectivity index (χ0v) is 21.8. The maximum atomic E-state index is 13.7. The number of carbonyl (C=O) groups is 3. The lowest BCUT2D eigenvalue weighted by atomic mass is 9.62. The first kappa shape index (κ1) is 25.5. The SMILES string of the molecule is CCC(=O)[C@]1(C)Cc2c(O)c3c(c(O)c2[C@@H](C[C@H]2CCC[C@H](C)O2)C1)C(=O)c1c(OC)cccc1C3=O. The van der Waals surface area contributed by atoms with Crippen LogP contribution >= 0.6 is 0 Å². The van der Waals surface area contributed by atoms with Crippen molar-refractivity contribution >= 4 is 17.3 Å². The Bertz CT molecular complexity index is 1310. The Kier molecular flexibility index (Phi) is 6.39. The third kappa shape index (κ3) is 3.95. The number of aromatic hydroxyl groups is 2. The summed E-state index contributed by atoms with van der Waals surface area (Å²) in [5.41, 5.74) is -0.112. The number of ketones is 3. The van der Waals surface area contributed by atoms with Crippen LogP contribution < -0.4 is 4.74 Å². The molecule has 0 bridgehead atoms. The van der Waals surface area contributed by atoms with Gasteiger partial charge in [-0.05, 0) is 57.4 Å². The van der Waals surface area contributed by atoms with E-state index in [4.69, 9.17) is 9.47 Å². The summed E-state index contributed by atoms with van der Waals surface area (Å²) in [6.07, 6.45) is 4.50. The number of methoxy groups -OCH3 is 1. The van der Waals surface area contributed by atoms with Gasteiger partial charge in [-0.2, -0.15) is 0 Å². The summed E-state index contributed by atoms with van der Waals surface area (Å²) in [6.45, 7) is 5.75. The van der Waals surface area contributed by atoms with E-state index in [1.165, 1.54) is 13.2 Å². The van der Waals surface area contributed by atoms with Gasteiger partial charge in [0.15, 0.2) is 5.78 Å². The fraction of sp³-hybridized carbons (Fsp3) is 0.500. The minimum atomic E-state index is -0.770. The minimum absolute atomic E-state index is 0.0589. The van der Waals surface area contributed by atoms with Crippen LogP contribution in [0.2, 0.25) is 0 Å². The van der Waals surface area contributed by atoms with E-state index < -0.39 is 17.0 Å². The number of carbonyl (C=O) groups excluding carboxylic acids is 3. The third-order valence-corrected chi connectivity index (χ3v) is 8.54. The van der Waals surface area contributed by atoms with Gasteiger partial charge in [0.1, 0.15) is 23.0 Å². The Morgan fingerprint density at radius 3 is 2.51 bits per heavy atom. The van der Waals surface area contributed by atoms with Crippen molar-refractivity contribution in [2.24, 2.45) is 5.41 Å². The molecular formula is C30H34O7. The molecule has 196 valence electrons. The first-order valence-electron chi connectivity index (χ1n) is 13.2. The van der Waals surface area contributed by atoms with Crippen molar-refractivity contribution in [3.05, 3.63) is 51.6 Å². The Morgan fingerprint density at radius 1 is 1.11 bits per heavy atom. The molecule has 7 nitrogen and oxygen atoms in total. The van der Waals surface area contributed by atoms with Crippen LogP contribution in [0.4, 0.5) is 0 Å². The van der Waals surface area contributed by atoms with Crippen LogP contribution in [0.25, 0.3) is 0 Å². The van der Waals surface area contributed by atoms with Crippen molar-refractivity contribution in [3.63, 3.8) is 0 Å². The van der Waals surface area contributed by atoms with Crippen LogP contribution in [0.15, 0.2) is 18.2 Å². The lowest BCUT2D eigenvalue weighted by Crippen LogP contribution is -2.38. The minimum Gasteiger partial charge on any atom is -0.507 e. The second kappa shape index (κ2) is 9.28. The number of Topliss-reactive ketones (excluding diaryl/α,β-unsaturated/α-hetero) is 1. The van der Waals surface area contributed by atoms with Gasteiger partial charge in [0, 0.05) is 28.5 Å². The summed E-state index contributed by atoms with van der Waals surface area (Å²) in [5.74, 6) is -1.72. The normalized spacial score (nSPS) is 26.8. The van der Waals surface area contributed by atoms with Crippen molar-refractivity contribution < 1.29 is 34.1 Å². The van der Waals surface area contributed by atoms with Gasteiger partial charge in [0.2, 0.25) is 5.78 Å². The van der Waals surface area contributed by atoms with Gasteiger partial charge in [-0.15, -0.1) is 0 Å². The largest absolute Gasteiger partial charge is 0.507 e. The standard InChI is InChI=1S/C30H34O7/c1-5-21(31)30(3)13-16(12-17-9-6-8-15(2)37-17)22-19(14-30)27(33)24-25(28(22)34)29(35)23-18(26(24)32)10-7-11-20(23)36-4/h7,10-11,15-17,33-34H,5-6,8-9,12-14H2,1-4H3/t15-,16-,17+,30-/m0/s1. The number of hydrogen-bond acceptors (Lipinski definition) is 7. The van der Waals surface area contributed by atoms with E-state index in [9.17, 15) is 24.6 Å². The zero-order chi connectivity index (χ0) is 26.6. The average molecular weight is 507 g/mol. The second-order valence-electron chi connectivity index (χ2n) is 11.0. The van der Waals surface area contributed by atoms with Gasteiger partial charge < -0.3 is 19.7 Å². The first-order valence-corrected chi connectivity index (χ1v) is 13.2. The molecule has 0 amide bonds. The number of benzene rings is 2. The molecule has 1 heterocycles. The fourth-order valence-electron chi connectivity index (χ4n) is 6.77. The number of fused-ring (bicyclic) bond motifs is 3. The van der Waals surface area contributed by atoms with Gasteiger partial charge in [-0.3, -0.25) is 14.4 Å². The Morgan fingerprint density at radius 2 is 1.84 bits per heavy atom. The average Bonchev–Trinajstić information content (AvgIpc) is 2.88. The quantitative estimate of drug-likeness (QED) is 0.455. The molecule has 5 rings (SSSR count). The highest BCUT2D eigenvalue weighted by molar-refractivity contribution is 6.31. The summed E-state index contributed by atoms with van der Waals surface area (Å²) >= 11 is 0. The smallest absolute Gasteiger partial charge is 0.202 e. The van der Waals surface area contributed by atoms with Crippen LogP contribution in [0, 0.1) is 5.41 Å². The highest BCUT2D eigenvalue weighted by Crippen LogP contribution is 2.55. The third-order valence-electron chi connectivity index (χ3n) is 8.54. The zero-order valence-electron chi connectivity index (χ0n) is 21.8. The van der Waals surface area contributed by atoms with E-state index in [2.05, 4.69) is 0 Å². The van der Waals surface area contributed by atoms with E-state index in [0.717, 1.165) is 19.3 Å². The molecule has 0 spiro atoms. The molecule has 37 heavy (non-hydrogen) atoms. The molecule has 0 radical (unpaired) electrons. The van der Waals surface area contributed by atoms with Crippen LogP contribution in [-0.4, -0.2) is 46.9 Å². The molecule has 1 saturated heterocycles. The van der Waals surface area contributed by atoms with Gasteiger partial charge in [-0.1, -0.05) is 26.0 Å². The molecule has 0 aromatic heterocycles. The number of ether oxygens (including phenoxy) is 2. The van der Waals surface area contributed by atoms with Crippen LogP contribution in [0.5, 0.6) is 17.2 Å². The summed E-state index contributed by atoms with van der Waals surface area (Å²) in [6, 6.07) is 4.73. The van der Waals surface area contributed by atoms with Crippen molar-refractivity contribution in [3.8, 4) is 17.2 Å². The van der Waals surface area contributed by atoms with Crippen LogP contribution in [0.1, 0.15) is 108 Å². The predicted molar refractivity (Wildman–Crippen MR) is 137 cm³/mol. The molecule has 0 saturated carbocycles. The maximum Gasteiger partial charge on any atom is 0.202 e. The highest BCUT2D eigenvalue weighted by atomic mass is 16.5. The van der Waals surface area contributed by atoms with E-state index >= 15 is 0 Å². The van der Waals surface area contributed by atoms with Crippen molar-refractivity contribution in [2.45, 2.75) is 83.8 Å². The first-order chi connectivity index (χ1) is 17.6. The monoisotopic (exact) mass is 506 g/mol. The molecule has 4 atom stereocenters. The molecule has 0 unspecified atom stereocenters. The van der Waals surface area contributed by atoms with Crippen molar-refractivity contribution in [1.82, 2.24) is 0 Å². The molecule has 2 aromatic rings. The maximum absolute atomic E-state index is 13.7. The van der Waals surface area contributed by atoms with E-state index in [1.807, 2.05) is 20.8 Å². The molecular weight excluding hydrogens is 472 g/mol. The van der Waals surface area contributed by atoms with Crippen LogP contribution in [0.3, 0.4) is 0 Å². The summed E-state index contributed by atoms with van der Waals surface area (Å²) in [4.78, 5) is 40.4. The number of rotatable bonds is 5. The molecule has 3 aliphatic rings. The Labute approximate surface area is 216 Å². The molecule has 2 N–H and O–H groups in total. The Balaban J connectivity index is 1.71. The van der Waals surface area contributed by atoms with Crippen molar-refractivity contribution in [1.29, 1.82) is 0 Å². The lowest BCUT2D eigenvalue weighted by molar-refractivity contribution is -0.129. The fourth-order valence-corrected chi connectivity index (χ4v) is 6.77. The predicted octanol–water partition coefficient (Wildman–Crippen LogP) is 5.24. The highest BCUT2D eigenvalue weighted by Gasteiger charge is 2.47. The van der Waals surface area contributed by atoms with Crippen LogP contribution in [-0.2, 0) is 16.0 Å². The molecule has 1 aliphatic heterocycles. The van der Waals surface area contributed by atoms with E-state index in [-0.39, 0.29) is 69.8 Å².